The van der Waals surface area contributed by atoms with Gasteiger partial charge in [0.05, 0.1) is 0 Å². The molecule has 4 rings (SSSR count). The van der Waals surface area contributed by atoms with Crippen LogP contribution in [0.5, 0.6) is 0 Å². The Morgan fingerprint density at radius 1 is 0.833 bits per heavy atom. The summed E-state index contributed by atoms with van der Waals surface area (Å²) in [6.45, 7) is 3.89. The number of carbonyl (C=O) groups is 2. The molecule has 1 saturated heterocycles. The minimum absolute atomic E-state index is 0.0122. The fraction of sp³-hybridized carbons (Fsp3) is 0.250. The van der Waals surface area contributed by atoms with Gasteiger partial charge >= 0.3 is 0 Å². The van der Waals surface area contributed by atoms with Gasteiger partial charge in [-0.05, 0) is 48.9 Å². The van der Waals surface area contributed by atoms with Crippen LogP contribution in [-0.4, -0.2) is 47.8 Å². The predicted octanol–water partition coefficient (Wildman–Crippen LogP) is 4.48. The zero-order valence-electron chi connectivity index (χ0n) is 16.9. The summed E-state index contributed by atoms with van der Waals surface area (Å²) >= 11 is 1.78. The van der Waals surface area contributed by atoms with Crippen molar-refractivity contribution in [2.45, 2.75) is 17.6 Å². The molecule has 2 aromatic carbocycles. The van der Waals surface area contributed by atoms with Crippen LogP contribution in [0.1, 0.15) is 32.2 Å². The summed E-state index contributed by atoms with van der Waals surface area (Å²) in [4.78, 5) is 30.1. The summed E-state index contributed by atoms with van der Waals surface area (Å²) in [7, 11) is 0. The lowest BCUT2D eigenvalue weighted by molar-refractivity contribution is 0.0517. The second kappa shape index (κ2) is 9.22. The molecule has 5 nitrogen and oxygen atoms in total. The largest absolute Gasteiger partial charge is 0.456 e. The number of hydrogen-bond acceptors (Lipinski definition) is 4. The van der Waals surface area contributed by atoms with Crippen molar-refractivity contribution in [3.63, 3.8) is 0 Å². The van der Waals surface area contributed by atoms with Crippen LogP contribution in [0.4, 0.5) is 0 Å². The van der Waals surface area contributed by atoms with Crippen molar-refractivity contribution in [1.82, 2.24) is 9.80 Å². The van der Waals surface area contributed by atoms with Gasteiger partial charge in [0.15, 0.2) is 5.76 Å². The Morgan fingerprint density at radius 3 is 2.07 bits per heavy atom. The van der Waals surface area contributed by atoms with Gasteiger partial charge in [0.25, 0.3) is 11.8 Å². The highest BCUT2D eigenvalue weighted by Gasteiger charge is 2.26. The van der Waals surface area contributed by atoms with Gasteiger partial charge in [-0.15, -0.1) is 11.8 Å². The third-order valence-electron chi connectivity index (χ3n) is 5.15. The molecule has 0 radical (unpaired) electrons. The van der Waals surface area contributed by atoms with Crippen molar-refractivity contribution in [2.24, 2.45) is 0 Å². The van der Waals surface area contributed by atoms with Gasteiger partial charge in [-0.25, -0.2) is 0 Å². The Morgan fingerprint density at radius 2 is 1.47 bits per heavy atom. The lowest BCUT2D eigenvalue weighted by Gasteiger charge is -2.34. The van der Waals surface area contributed by atoms with Gasteiger partial charge < -0.3 is 14.2 Å². The molecule has 1 aliphatic heterocycles. The van der Waals surface area contributed by atoms with Crippen molar-refractivity contribution in [3.05, 3.63) is 89.4 Å². The number of amides is 2. The first-order valence-electron chi connectivity index (χ1n) is 10.0. The van der Waals surface area contributed by atoms with E-state index in [2.05, 4.69) is 12.1 Å². The number of nitrogens with zero attached hydrogens (tertiary/aromatic N) is 2. The Kier molecular flexibility index (Phi) is 6.23. The molecule has 1 aliphatic rings. The monoisotopic (exact) mass is 420 g/mol. The van der Waals surface area contributed by atoms with Gasteiger partial charge in [0, 0.05) is 42.4 Å². The fourth-order valence-corrected chi connectivity index (χ4v) is 4.30. The molecule has 0 saturated carbocycles. The van der Waals surface area contributed by atoms with Crippen molar-refractivity contribution in [2.75, 3.05) is 26.2 Å². The van der Waals surface area contributed by atoms with Crippen molar-refractivity contribution in [1.29, 1.82) is 0 Å². The highest BCUT2D eigenvalue weighted by molar-refractivity contribution is 7.98. The molecule has 0 N–H and O–H groups in total. The Labute approximate surface area is 180 Å². The second-order valence-corrected chi connectivity index (χ2v) is 8.34. The summed E-state index contributed by atoms with van der Waals surface area (Å²) < 4.78 is 5.43. The van der Waals surface area contributed by atoms with Crippen molar-refractivity contribution in [3.8, 4) is 0 Å². The maximum Gasteiger partial charge on any atom is 0.289 e. The first-order chi connectivity index (χ1) is 14.6. The molecule has 154 valence electrons. The molecular weight excluding hydrogens is 396 g/mol. The zero-order valence-corrected chi connectivity index (χ0v) is 17.7. The number of piperazine rings is 1. The molecule has 0 unspecified atom stereocenters. The summed E-state index contributed by atoms with van der Waals surface area (Å²) in [6, 6.07) is 21.6. The molecule has 0 aliphatic carbocycles. The van der Waals surface area contributed by atoms with Gasteiger partial charge in [-0.1, -0.05) is 30.3 Å². The number of thioether (sulfide) groups is 1. The van der Waals surface area contributed by atoms with Crippen molar-refractivity contribution < 1.29 is 14.0 Å². The minimum Gasteiger partial charge on any atom is -0.456 e. The highest BCUT2D eigenvalue weighted by Crippen LogP contribution is 2.22. The first-order valence-corrected chi connectivity index (χ1v) is 11.0. The molecule has 2 amide bonds. The molecule has 30 heavy (non-hydrogen) atoms. The predicted molar refractivity (Wildman–Crippen MR) is 118 cm³/mol. The van der Waals surface area contributed by atoms with E-state index < -0.39 is 0 Å². The van der Waals surface area contributed by atoms with Gasteiger partial charge in [-0.2, -0.15) is 0 Å². The summed E-state index contributed by atoms with van der Waals surface area (Å²) in [6.07, 6.45) is 0. The topological polar surface area (TPSA) is 53.8 Å². The average Bonchev–Trinajstić information content (AvgIpc) is 3.24. The summed E-state index contributed by atoms with van der Waals surface area (Å²) in [5.74, 6) is 1.84. The quantitative estimate of drug-likeness (QED) is 0.571. The molecule has 0 spiro atoms. The molecule has 3 aromatic rings. The molecular formula is C24H24N2O3S. The Bertz CT molecular complexity index is 1010. The maximum atomic E-state index is 12.8. The zero-order chi connectivity index (χ0) is 20.9. The Hall–Kier alpha value is -2.99. The Balaban J connectivity index is 1.30. The molecule has 2 heterocycles. The molecule has 6 heteroatoms. The van der Waals surface area contributed by atoms with Crippen LogP contribution < -0.4 is 0 Å². The van der Waals surface area contributed by atoms with Gasteiger partial charge in [0.1, 0.15) is 5.76 Å². The molecule has 1 fully saturated rings. The average molecular weight is 421 g/mol. The smallest absolute Gasteiger partial charge is 0.289 e. The lowest BCUT2D eigenvalue weighted by atomic mass is 10.1. The number of furan rings is 1. The van der Waals surface area contributed by atoms with E-state index in [1.807, 2.05) is 54.3 Å². The number of rotatable bonds is 5. The second-order valence-electron chi connectivity index (χ2n) is 7.29. The van der Waals surface area contributed by atoms with E-state index in [-0.39, 0.29) is 11.8 Å². The van der Waals surface area contributed by atoms with Crippen LogP contribution in [0.2, 0.25) is 0 Å². The standard InChI is InChI=1S/C24H24N2O3S/c1-18-7-12-22(29-18)24(28)26-15-13-25(14-16-26)23(27)20-10-8-19(9-11-20)17-30-21-5-3-2-4-6-21/h2-12H,13-17H2,1H3. The molecule has 0 bridgehead atoms. The van der Waals surface area contributed by atoms with Crippen LogP contribution >= 0.6 is 11.8 Å². The van der Waals surface area contributed by atoms with Gasteiger partial charge in [0.2, 0.25) is 0 Å². The third-order valence-corrected chi connectivity index (χ3v) is 6.24. The van der Waals surface area contributed by atoms with Crippen LogP contribution in [0.25, 0.3) is 0 Å². The normalized spacial score (nSPS) is 14.0. The molecule has 1 aromatic heterocycles. The summed E-state index contributed by atoms with van der Waals surface area (Å²) in [5.41, 5.74) is 1.87. The number of hydrogen-bond donors (Lipinski definition) is 0. The van der Waals surface area contributed by atoms with Crippen LogP contribution in [0.15, 0.2) is 76.0 Å². The fourth-order valence-electron chi connectivity index (χ4n) is 3.43. The van der Waals surface area contributed by atoms with E-state index in [1.165, 1.54) is 10.5 Å². The lowest BCUT2D eigenvalue weighted by Crippen LogP contribution is -2.50. The van der Waals surface area contributed by atoms with Gasteiger partial charge in [-0.3, -0.25) is 9.59 Å². The molecule has 0 atom stereocenters. The number of carbonyl (C=O) groups excluding carboxylic acids is 2. The van der Waals surface area contributed by atoms with E-state index >= 15 is 0 Å². The number of benzene rings is 2. The van der Waals surface area contributed by atoms with E-state index in [0.717, 1.165) is 11.5 Å². The number of aryl methyl sites for hydroxylation is 1. The van der Waals surface area contributed by atoms with E-state index in [1.54, 1.807) is 28.8 Å². The van der Waals surface area contributed by atoms with Crippen LogP contribution in [0, 0.1) is 6.92 Å². The van der Waals surface area contributed by atoms with E-state index in [4.69, 9.17) is 4.42 Å². The first kappa shape index (κ1) is 20.3. The van der Waals surface area contributed by atoms with Crippen LogP contribution in [-0.2, 0) is 5.75 Å². The van der Waals surface area contributed by atoms with Crippen molar-refractivity contribution >= 4 is 23.6 Å². The van der Waals surface area contributed by atoms with Crippen LogP contribution in [0.3, 0.4) is 0 Å². The minimum atomic E-state index is -0.115. The maximum absolute atomic E-state index is 12.8. The summed E-state index contributed by atoms with van der Waals surface area (Å²) in [5, 5.41) is 0. The SMILES string of the molecule is Cc1ccc(C(=O)N2CCN(C(=O)c3ccc(CSc4ccccc4)cc3)CC2)o1. The highest BCUT2D eigenvalue weighted by atomic mass is 32.2. The van der Waals surface area contributed by atoms with E-state index in [0.29, 0.717) is 37.5 Å². The third kappa shape index (κ3) is 4.76. The van der Waals surface area contributed by atoms with E-state index in [9.17, 15) is 9.59 Å².